The smallest absolute Gasteiger partial charge is 0.357 e. The molecule has 0 saturated carbocycles. The van der Waals surface area contributed by atoms with Crippen LogP contribution in [-0.4, -0.2) is 30.2 Å². The summed E-state index contributed by atoms with van der Waals surface area (Å²) in [5.74, 6) is -1.12. The lowest BCUT2D eigenvalue weighted by Gasteiger charge is -2.02. The van der Waals surface area contributed by atoms with Crippen molar-refractivity contribution in [1.82, 2.24) is 4.98 Å². The van der Waals surface area contributed by atoms with Gasteiger partial charge in [-0.2, -0.15) is 0 Å². The lowest BCUT2D eigenvalue weighted by molar-refractivity contribution is 0.0690. The molecular formula is C8H9NO5S. The van der Waals surface area contributed by atoms with Crippen LogP contribution < -0.4 is 0 Å². The number of rotatable bonds is 2. The second-order valence-electron chi connectivity index (χ2n) is 3.37. The first-order valence-electron chi connectivity index (χ1n) is 4.41. The van der Waals surface area contributed by atoms with Gasteiger partial charge in [0.05, 0.1) is 5.75 Å². The standard InChI is InChI=1S/C8H9NO5S/c10-8(11)5-4-14-7(9-5)6-2-1-3-15(6,12)13/h4,6H,1-3H2,(H,10,11). The molecule has 2 heterocycles. The Labute approximate surface area is 85.8 Å². The number of aromatic carboxylic acids is 1. The van der Waals surface area contributed by atoms with Crippen LogP contribution in [0.1, 0.15) is 34.5 Å². The third-order valence-corrected chi connectivity index (χ3v) is 4.51. The fourth-order valence-electron chi connectivity index (χ4n) is 1.60. The van der Waals surface area contributed by atoms with Crippen molar-refractivity contribution in [2.24, 2.45) is 0 Å². The molecule has 1 aromatic rings. The van der Waals surface area contributed by atoms with Gasteiger partial charge in [-0.15, -0.1) is 0 Å². The molecule has 0 aliphatic carbocycles. The van der Waals surface area contributed by atoms with Gasteiger partial charge in [-0.1, -0.05) is 0 Å². The topological polar surface area (TPSA) is 97.5 Å². The Morgan fingerprint density at radius 1 is 1.60 bits per heavy atom. The quantitative estimate of drug-likeness (QED) is 0.801. The van der Waals surface area contributed by atoms with Crippen molar-refractivity contribution in [2.45, 2.75) is 18.1 Å². The molecule has 0 radical (unpaired) electrons. The molecule has 0 aromatic carbocycles. The van der Waals surface area contributed by atoms with Crippen molar-refractivity contribution < 1.29 is 22.7 Å². The fraction of sp³-hybridized carbons (Fsp3) is 0.500. The molecule has 7 heteroatoms. The maximum Gasteiger partial charge on any atom is 0.357 e. The largest absolute Gasteiger partial charge is 0.476 e. The minimum atomic E-state index is -3.20. The molecular weight excluding hydrogens is 222 g/mol. The Balaban J connectivity index is 2.34. The fourth-order valence-corrected chi connectivity index (χ4v) is 3.40. The van der Waals surface area contributed by atoms with Crippen molar-refractivity contribution in [1.29, 1.82) is 0 Å². The number of hydrogen-bond acceptors (Lipinski definition) is 5. The Bertz CT molecular complexity index is 489. The van der Waals surface area contributed by atoms with E-state index in [0.29, 0.717) is 12.8 Å². The molecule has 82 valence electrons. The number of sulfone groups is 1. The van der Waals surface area contributed by atoms with E-state index in [1.54, 1.807) is 0 Å². The summed E-state index contributed by atoms with van der Waals surface area (Å²) < 4.78 is 27.9. The SMILES string of the molecule is O=C(O)c1coc(C2CCCS2(=O)=O)n1. The van der Waals surface area contributed by atoms with Crippen LogP contribution in [0.25, 0.3) is 0 Å². The summed E-state index contributed by atoms with van der Waals surface area (Å²) in [6.07, 6.45) is 1.98. The molecule has 0 amide bonds. The molecule has 1 atom stereocenters. The molecule has 1 aromatic heterocycles. The first-order chi connectivity index (χ1) is 7.00. The van der Waals surface area contributed by atoms with Crippen molar-refractivity contribution in [3.8, 4) is 0 Å². The molecule has 1 unspecified atom stereocenters. The summed E-state index contributed by atoms with van der Waals surface area (Å²) in [7, 11) is -3.20. The summed E-state index contributed by atoms with van der Waals surface area (Å²) in [4.78, 5) is 14.2. The van der Waals surface area contributed by atoms with Crippen LogP contribution in [0.5, 0.6) is 0 Å². The highest BCUT2D eigenvalue weighted by Gasteiger charge is 2.36. The summed E-state index contributed by atoms with van der Waals surface area (Å²) in [5.41, 5.74) is -0.257. The van der Waals surface area contributed by atoms with Crippen molar-refractivity contribution in [2.75, 3.05) is 5.75 Å². The van der Waals surface area contributed by atoms with E-state index in [1.807, 2.05) is 0 Å². The number of carboxylic acids is 1. The van der Waals surface area contributed by atoms with Gasteiger partial charge in [0.15, 0.2) is 15.5 Å². The summed E-state index contributed by atoms with van der Waals surface area (Å²) >= 11 is 0. The number of nitrogens with zero attached hydrogens (tertiary/aromatic N) is 1. The monoisotopic (exact) mass is 231 g/mol. The number of oxazole rings is 1. The zero-order chi connectivity index (χ0) is 11.1. The second-order valence-corrected chi connectivity index (χ2v) is 5.68. The number of carboxylic acid groups (broad SMARTS) is 1. The van der Waals surface area contributed by atoms with Gasteiger partial charge in [0.2, 0.25) is 5.89 Å². The van der Waals surface area contributed by atoms with Crippen molar-refractivity contribution in [3.63, 3.8) is 0 Å². The van der Waals surface area contributed by atoms with Gasteiger partial charge < -0.3 is 9.52 Å². The normalized spacial score (nSPS) is 24.1. The Morgan fingerprint density at radius 3 is 2.80 bits per heavy atom. The number of carbonyl (C=O) groups is 1. The molecule has 2 rings (SSSR count). The summed E-state index contributed by atoms with van der Waals surface area (Å²) in [6, 6.07) is 0. The average molecular weight is 231 g/mol. The third-order valence-electron chi connectivity index (χ3n) is 2.35. The first kappa shape index (κ1) is 10.2. The van der Waals surface area contributed by atoms with Crippen LogP contribution >= 0.6 is 0 Å². The van der Waals surface area contributed by atoms with E-state index in [9.17, 15) is 13.2 Å². The van der Waals surface area contributed by atoms with E-state index in [-0.39, 0.29) is 17.3 Å². The highest BCUT2D eigenvalue weighted by Crippen LogP contribution is 2.33. The van der Waals surface area contributed by atoms with E-state index in [1.165, 1.54) is 0 Å². The van der Waals surface area contributed by atoms with E-state index in [2.05, 4.69) is 4.98 Å². The molecule has 1 aliphatic heterocycles. The zero-order valence-electron chi connectivity index (χ0n) is 7.71. The van der Waals surface area contributed by atoms with Gasteiger partial charge in [-0.05, 0) is 12.8 Å². The average Bonchev–Trinajstić information content (AvgIpc) is 2.69. The molecule has 1 aliphatic rings. The molecule has 6 nitrogen and oxygen atoms in total. The molecule has 1 saturated heterocycles. The molecule has 0 spiro atoms. The highest BCUT2D eigenvalue weighted by molar-refractivity contribution is 7.91. The Morgan fingerprint density at radius 2 is 2.33 bits per heavy atom. The van der Waals surface area contributed by atoms with E-state index in [0.717, 1.165) is 6.26 Å². The van der Waals surface area contributed by atoms with Crippen LogP contribution in [0.4, 0.5) is 0 Å². The lowest BCUT2D eigenvalue weighted by Crippen LogP contribution is -2.08. The predicted octanol–water partition coefficient (Wildman–Crippen LogP) is 0.623. The van der Waals surface area contributed by atoms with Gasteiger partial charge in [-0.25, -0.2) is 18.2 Å². The third kappa shape index (κ3) is 1.74. The van der Waals surface area contributed by atoms with Crippen LogP contribution in [0.2, 0.25) is 0 Å². The number of aromatic nitrogens is 1. The lowest BCUT2D eigenvalue weighted by atomic mass is 10.2. The van der Waals surface area contributed by atoms with Crippen molar-refractivity contribution in [3.05, 3.63) is 17.8 Å². The highest BCUT2D eigenvalue weighted by atomic mass is 32.2. The van der Waals surface area contributed by atoms with Gasteiger partial charge in [0, 0.05) is 0 Å². The second kappa shape index (κ2) is 3.34. The van der Waals surface area contributed by atoms with Gasteiger partial charge >= 0.3 is 5.97 Å². The maximum atomic E-state index is 11.5. The first-order valence-corrected chi connectivity index (χ1v) is 6.12. The van der Waals surface area contributed by atoms with Gasteiger partial charge in [0.1, 0.15) is 11.5 Å². The van der Waals surface area contributed by atoms with E-state index < -0.39 is 21.1 Å². The van der Waals surface area contributed by atoms with E-state index >= 15 is 0 Å². The van der Waals surface area contributed by atoms with Crippen LogP contribution in [0.15, 0.2) is 10.7 Å². The minimum absolute atomic E-state index is 0.00935. The molecule has 0 bridgehead atoms. The number of hydrogen-bond donors (Lipinski definition) is 1. The van der Waals surface area contributed by atoms with Gasteiger partial charge in [-0.3, -0.25) is 0 Å². The molecule has 1 fully saturated rings. The predicted molar refractivity (Wildman–Crippen MR) is 49.2 cm³/mol. The zero-order valence-corrected chi connectivity index (χ0v) is 8.53. The molecule has 1 N–H and O–H groups in total. The van der Waals surface area contributed by atoms with Crippen molar-refractivity contribution >= 4 is 15.8 Å². The molecule has 15 heavy (non-hydrogen) atoms. The Hall–Kier alpha value is -1.37. The van der Waals surface area contributed by atoms with Crippen LogP contribution in [-0.2, 0) is 9.84 Å². The summed E-state index contributed by atoms with van der Waals surface area (Å²) in [5, 5.41) is 7.83. The summed E-state index contributed by atoms with van der Waals surface area (Å²) in [6.45, 7) is 0. The van der Waals surface area contributed by atoms with E-state index in [4.69, 9.17) is 9.52 Å². The van der Waals surface area contributed by atoms with Gasteiger partial charge in [0.25, 0.3) is 0 Å². The Kier molecular flexibility index (Phi) is 2.26. The van der Waals surface area contributed by atoms with Crippen LogP contribution in [0, 0.1) is 0 Å². The van der Waals surface area contributed by atoms with Crippen LogP contribution in [0.3, 0.4) is 0 Å². The maximum absolute atomic E-state index is 11.5. The minimum Gasteiger partial charge on any atom is -0.476 e.